The minimum Gasteiger partial charge on any atom is -0.476 e. The molecule has 122 valence electrons. The van der Waals surface area contributed by atoms with Gasteiger partial charge in [-0.05, 0) is 18.1 Å². The molecular weight excluding hydrogens is 312 g/mol. The summed E-state index contributed by atoms with van der Waals surface area (Å²) in [6, 6.07) is 7.60. The van der Waals surface area contributed by atoms with Crippen molar-refractivity contribution in [3.63, 3.8) is 0 Å². The first-order valence-electron chi connectivity index (χ1n) is 7.40. The highest BCUT2D eigenvalue weighted by atomic mass is 32.1. The molecule has 0 fully saturated rings. The van der Waals surface area contributed by atoms with Crippen molar-refractivity contribution in [1.29, 1.82) is 0 Å². The van der Waals surface area contributed by atoms with Gasteiger partial charge >= 0.3 is 5.97 Å². The van der Waals surface area contributed by atoms with Crippen molar-refractivity contribution in [2.75, 3.05) is 0 Å². The Bertz CT molecular complexity index is 722. The highest BCUT2D eigenvalue weighted by Crippen LogP contribution is 2.25. The summed E-state index contributed by atoms with van der Waals surface area (Å²) < 4.78 is 0. The van der Waals surface area contributed by atoms with Crippen molar-refractivity contribution in [3.8, 4) is 10.6 Å². The predicted octanol–water partition coefficient (Wildman–Crippen LogP) is 3.56. The molecule has 6 heteroatoms. The van der Waals surface area contributed by atoms with Crippen LogP contribution in [0.25, 0.3) is 10.6 Å². The fourth-order valence-corrected chi connectivity index (χ4v) is 2.69. The Balaban J connectivity index is 2.11. The molecule has 2 N–H and O–H groups in total. The second kappa shape index (κ2) is 6.91. The van der Waals surface area contributed by atoms with Gasteiger partial charge in [0.2, 0.25) is 5.91 Å². The minimum atomic E-state index is -1.03. The Labute approximate surface area is 139 Å². The summed E-state index contributed by atoms with van der Waals surface area (Å²) in [6.45, 7) is 6.26. The van der Waals surface area contributed by atoms with Gasteiger partial charge in [0.1, 0.15) is 5.01 Å². The van der Waals surface area contributed by atoms with Crippen LogP contribution in [0.3, 0.4) is 0 Å². The third kappa shape index (κ3) is 4.16. The first-order chi connectivity index (χ1) is 10.8. The molecule has 2 aromatic rings. The Morgan fingerprint density at radius 2 is 2.09 bits per heavy atom. The van der Waals surface area contributed by atoms with E-state index in [-0.39, 0.29) is 17.0 Å². The van der Waals surface area contributed by atoms with Crippen molar-refractivity contribution in [3.05, 3.63) is 40.9 Å². The van der Waals surface area contributed by atoms with Crippen LogP contribution in [-0.4, -0.2) is 22.0 Å². The lowest BCUT2D eigenvalue weighted by atomic mass is 9.89. The number of carbonyl (C=O) groups excluding carboxylic acids is 1. The third-order valence-electron chi connectivity index (χ3n) is 3.85. The number of aromatic nitrogens is 1. The van der Waals surface area contributed by atoms with E-state index in [0.717, 1.165) is 17.5 Å². The molecule has 5 nitrogen and oxygen atoms in total. The maximum atomic E-state index is 12.1. The van der Waals surface area contributed by atoms with Crippen molar-refractivity contribution in [1.82, 2.24) is 10.3 Å². The van der Waals surface area contributed by atoms with E-state index in [1.165, 1.54) is 16.7 Å². The largest absolute Gasteiger partial charge is 0.476 e. The Hall–Kier alpha value is -2.21. The normalized spacial score (nSPS) is 11.3. The number of amides is 1. The van der Waals surface area contributed by atoms with Crippen molar-refractivity contribution in [2.24, 2.45) is 5.41 Å². The average molecular weight is 332 g/mol. The molecular formula is C17H20N2O3S. The van der Waals surface area contributed by atoms with Gasteiger partial charge < -0.3 is 10.4 Å². The topological polar surface area (TPSA) is 79.3 Å². The standard InChI is InChI=1S/C17H20N2O3S/c1-4-17(2,3)16(22)18-9-11-6-5-7-12(8-11)14-19-13(10-23-14)15(20)21/h5-8,10H,4,9H2,1-3H3,(H,18,22)(H,20,21). The van der Waals surface area contributed by atoms with E-state index < -0.39 is 5.97 Å². The van der Waals surface area contributed by atoms with Crippen LogP contribution in [0.4, 0.5) is 0 Å². The number of benzene rings is 1. The second-order valence-electron chi connectivity index (χ2n) is 5.96. The number of hydrogen-bond donors (Lipinski definition) is 2. The number of carbonyl (C=O) groups is 2. The van der Waals surface area contributed by atoms with Gasteiger partial charge in [-0.15, -0.1) is 11.3 Å². The van der Waals surface area contributed by atoms with Crippen LogP contribution in [0.15, 0.2) is 29.6 Å². The smallest absolute Gasteiger partial charge is 0.355 e. The molecule has 0 unspecified atom stereocenters. The molecule has 0 aliphatic heterocycles. The summed E-state index contributed by atoms with van der Waals surface area (Å²) in [6.07, 6.45) is 0.774. The van der Waals surface area contributed by atoms with Crippen LogP contribution in [0.5, 0.6) is 0 Å². The van der Waals surface area contributed by atoms with Gasteiger partial charge in [0, 0.05) is 22.9 Å². The van der Waals surface area contributed by atoms with Crippen molar-refractivity contribution in [2.45, 2.75) is 33.7 Å². The van der Waals surface area contributed by atoms with E-state index in [2.05, 4.69) is 10.3 Å². The quantitative estimate of drug-likeness (QED) is 0.847. The Morgan fingerprint density at radius 3 is 2.70 bits per heavy atom. The maximum Gasteiger partial charge on any atom is 0.355 e. The zero-order valence-corrected chi connectivity index (χ0v) is 14.2. The second-order valence-corrected chi connectivity index (χ2v) is 6.82. The van der Waals surface area contributed by atoms with Gasteiger partial charge in [-0.2, -0.15) is 0 Å². The van der Waals surface area contributed by atoms with E-state index in [4.69, 9.17) is 5.11 Å². The van der Waals surface area contributed by atoms with Crippen LogP contribution in [0.1, 0.15) is 43.2 Å². The number of thiazole rings is 1. The lowest BCUT2D eigenvalue weighted by Gasteiger charge is -2.21. The SMILES string of the molecule is CCC(C)(C)C(=O)NCc1cccc(-c2nc(C(=O)O)cs2)c1. The predicted molar refractivity (Wildman–Crippen MR) is 90.4 cm³/mol. The third-order valence-corrected chi connectivity index (χ3v) is 4.74. The Morgan fingerprint density at radius 1 is 1.35 bits per heavy atom. The molecule has 0 radical (unpaired) electrons. The van der Waals surface area contributed by atoms with Gasteiger partial charge in [-0.3, -0.25) is 4.79 Å². The summed E-state index contributed by atoms with van der Waals surface area (Å²) in [5.74, 6) is -1.01. The number of carboxylic acid groups (broad SMARTS) is 1. The highest BCUT2D eigenvalue weighted by Gasteiger charge is 2.24. The summed E-state index contributed by atoms with van der Waals surface area (Å²) in [5, 5.41) is 14.1. The lowest BCUT2D eigenvalue weighted by Crippen LogP contribution is -2.35. The highest BCUT2D eigenvalue weighted by molar-refractivity contribution is 7.13. The molecule has 0 saturated carbocycles. The number of rotatable bonds is 6. The van der Waals surface area contributed by atoms with Crippen LogP contribution in [-0.2, 0) is 11.3 Å². The summed E-state index contributed by atoms with van der Waals surface area (Å²) >= 11 is 1.29. The van der Waals surface area contributed by atoms with Gasteiger partial charge in [0.05, 0.1) is 0 Å². The average Bonchev–Trinajstić information content (AvgIpc) is 3.03. The number of carboxylic acids is 1. The van der Waals surface area contributed by atoms with Crippen LogP contribution in [0, 0.1) is 5.41 Å². The molecule has 1 aromatic heterocycles. The zero-order chi connectivity index (χ0) is 17.0. The molecule has 0 spiro atoms. The van der Waals surface area contributed by atoms with Crippen LogP contribution >= 0.6 is 11.3 Å². The van der Waals surface area contributed by atoms with E-state index >= 15 is 0 Å². The molecule has 23 heavy (non-hydrogen) atoms. The number of aromatic carboxylic acids is 1. The number of nitrogens with zero attached hydrogens (tertiary/aromatic N) is 1. The summed E-state index contributed by atoms with van der Waals surface area (Å²) in [4.78, 5) is 27.1. The van der Waals surface area contributed by atoms with Crippen LogP contribution < -0.4 is 5.32 Å². The van der Waals surface area contributed by atoms with E-state index in [0.29, 0.717) is 11.6 Å². The summed E-state index contributed by atoms with van der Waals surface area (Å²) in [5.41, 5.74) is 1.47. The van der Waals surface area contributed by atoms with Gasteiger partial charge in [-0.1, -0.05) is 39.0 Å². The summed E-state index contributed by atoms with van der Waals surface area (Å²) in [7, 11) is 0. The zero-order valence-electron chi connectivity index (χ0n) is 13.4. The van der Waals surface area contributed by atoms with Gasteiger partial charge in [0.15, 0.2) is 5.69 Å². The molecule has 0 aliphatic carbocycles. The monoisotopic (exact) mass is 332 g/mol. The molecule has 0 bridgehead atoms. The molecule has 1 amide bonds. The lowest BCUT2D eigenvalue weighted by molar-refractivity contribution is -0.129. The maximum absolute atomic E-state index is 12.1. The van der Waals surface area contributed by atoms with E-state index in [1.54, 1.807) is 0 Å². The molecule has 0 aliphatic rings. The fourth-order valence-electron chi connectivity index (χ4n) is 1.90. The van der Waals surface area contributed by atoms with E-state index in [9.17, 15) is 9.59 Å². The first kappa shape index (κ1) is 17.1. The fraction of sp³-hybridized carbons (Fsp3) is 0.353. The molecule has 2 rings (SSSR count). The van der Waals surface area contributed by atoms with Gasteiger partial charge in [0.25, 0.3) is 0 Å². The number of hydrogen-bond acceptors (Lipinski definition) is 4. The first-order valence-corrected chi connectivity index (χ1v) is 8.28. The van der Waals surface area contributed by atoms with E-state index in [1.807, 2.05) is 45.0 Å². The number of nitrogens with one attached hydrogen (secondary N) is 1. The molecule has 1 heterocycles. The molecule has 0 saturated heterocycles. The molecule has 1 aromatic carbocycles. The van der Waals surface area contributed by atoms with Crippen LogP contribution in [0.2, 0.25) is 0 Å². The minimum absolute atomic E-state index is 0.0211. The van der Waals surface area contributed by atoms with Crippen molar-refractivity contribution >= 4 is 23.2 Å². The molecule has 0 atom stereocenters. The van der Waals surface area contributed by atoms with Gasteiger partial charge in [-0.25, -0.2) is 9.78 Å². The Kier molecular flexibility index (Phi) is 5.15. The van der Waals surface area contributed by atoms with Crippen molar-refractivity contribution < 1.29 is 14.7 Å².